The Balaban J connectivity index is 1.52. The fourth-order valence-electron chi connectivity index (χ4n) is 4.21. The van der Waals surface area contributed by atoms with Crippen molar-refractivity contribution in [1.29, 1.82) is 0 Å². The highest BCUT2D eigenvalue weighted by Gasteiger charge is 2.23. The molecule has 0 spiro atoms. The Morgan fingerprint density at radius 2 is 2.07 bits per heavy atom. The van der Waals surface area contributed by atoms with Crippen LogP contribution >= 0.6 is 11.3 Å². The topological polar surface area (TPSA) is 34.1 Å². The first-order valence-corrected chi connectivity index (χ1v) is 11.6. The molecule has 27 heavy (non-hydrogen) atoms. The van der Waals surface area contributed by atoms with Gasteiger partial charge >= 0.3 is 0 Å². The van der Waals surface area contributed by atoms with Gasteiger partial charge in [0.25, 0.3) is 0 Å². The van der Waals surface area contributed by atoms with Gasteiger partial charge in [0.1, 0.15) is 0 Å². The molecule has 0 aliphatic carbocycles. The summed E-state index contributed by atoms with van der Waals surface area (Å²) in [4.78, 5) is 12.6. The molecule has 2 saturated heterocycles. The molecule has 2 aliphatic rings. The van der Waals surface area contributed by atoms with E-state index in [1.165, 1.54) is 37.5 Å². The Hall–Kier alpha value is -1.27. The summed E-state index contributed by atoms with van der Waals surface area (Å²) in [6.07, 6.45) is 2.65. The zero-order valence-electron chi connectivity index (χ0n) is 17.4. The molecule has 1 atom stereocenters. The van der Waals surface area contributed by atoms with Crippen molar-refractivity contribution in [3.63, 3.8) is 0 Å². The molecule has 1 aromatic heterocycles. The monoisotopic (exact) mass is 391 g/mol. The minimum absolute atomic E-state index is 0.707. The number of hydrogen-bond donors (Lipinski definition) is 1. The molecule has 0 aromatic carbocycles. The number of likely N-dealkylation sites (tertiary alicyclic amines) is 1. The molecule has 2 fully saturated rings. The van der Waals surface area contributed by atoms with Gasteiger partial charge in [0, 0.05) is 52.4 Å². The number of nitrogens with one attached hydrogen (secondary N) is 1. The van der Waals surface area contributed by atoms with Crippen LogP contribution in [0.3, 0.4) is 0 Å². The Bertz CT molecular complexity index is 563. The summed E-state index contributed by atoms with van der Waals surface area (Å²) in [5, 5.41) is 7.09. The van der Waals surface area contributed by atoms with Crippen molar-refractivity contribution in [2.75, 3.05) is 63.8 Å². The molecular weight excluding hydrogens is 354 g/mol. The average molecular weight is 392 g/mol. The van der Waals surface area contributed by atoms with Gasteiger partial charge in [-0.2, -0.15) is 0 Å². The van der Waals surface area contributed by atoms with Gasteiger partial charge in [-0.25, -0.2) is 0 Å². The van der Waals surface area contributed by atoms with Crippen LogP contribution in [0.15, 0.2) is 22.5 Å². The lowest BCUT2D eigenvalue weighted by Gasteiger charge is -2.37. The number of piperazine rings is 1. The fraction of sp³-hybridized carbons (Fsp3) is 0.762. The van der Waals surface area contributed by atoms with E-state index in [-0.39, 0.29) is 0 Å². The first kappa shape index (κ1) is 20.5. The molecule has 2 aliphatic heterocycles. The molecule has 152 valence electrons. The summed E-state index contributed by atoms with van der Waals surface area (Å²) in [5.74, 6) is 2.58. The molecule has 6 heteroatoms. The lowest BCUT2D eigenvalue weighted by molar-refractivity contribution is 0.162. The van der Waals surface area contributed by atoms with Gasteiger partial charge < -0.3 is 20.0 Å². The van der Waals surface area contributed by atoms with E-state index in [4.69, 9.17) is 4.99 Å². The predicted octanol–water partition coefficient (Wildman–Crippen LogP) is 3.20. The molecule has 0 amide bonds. The molecule has 1 aromatic rings. The molecular formula is C21H37N5S. The number of guanidine groups is 1. The number of piperidine rings is 1. The normalized spacial score (nSPS) is 22.5. The summed E-state index contributed by atoms with van der Waals surface area (Å²) < 4.78 is 0. The zero-order valence-corrected chi connectivity index (χ0v) is 18.2. The van der Waals surface area contributed by atoms with Gasteiger partial charge in [-0.15, -0.1) is 11.3 Å². The van der Waals surface area contributed by atoms with Gasteiger partial charge in [0.15, 0.2) is 5.96 Å². The van der Waals surface area contributed by atoms with Crippen molar-refractivity contribution in [2.24, 2.45) is 16.8 Å². The highest BCUT2D eigenvalue weighted by Crippen LogP contribution is 2.22. The minimum Gasteiger partial charge on any atom is -0.360 e. The van der Waals surface area contributed by atoms with Crippen LogP contribution in [-0.2, 0) is 0 Å². The maximum Gasteiger partial charge on any atom is 0.194 e. The van der Waals surface area contributed by atoms with Crippen molar-refractivity contribution < 1.29 is 0 Å². The summed E-state index contributed by atoms with van der Waals surface area (Å²) in [7, 11) is 0. The van der Waals surface area contributed by atoms with Gasteiger partial charge in [-0.3, -0.25) is 4.99 Å². The molecule has 1 unspecified atom stereocenters. The second-order valence-electron chi connectivity index (χ2n) is 8.28. The van der Waals surface area contributed by atoms with E-state index in [2.05, 4.69) is 58.3 Å². The molecule has 5 nitrogen and oxygen atoms in total. The number of hydrogen-bond acceptors (Lipinski definition) is 4. The number of anilines is 1. The number of nitrogens with zero attached hydrogens (tertiary/aromatic N) is 4. The van der Waals surface area contributed by atoms with Gasteiger partial charge in [-0.05, 0) is 55.7 Å². The van der Waals surface area contributed by atoms with Gasteiger partial charge in [0.2, 0.25) is 0 Å². The van der Waals surface area contributed by atoms with Crippen LogP contribution in [0.4, 0.5) is 5.00 Å². The van der Waals surface area contributed by atoms with E-state index < -0.39 is 0 Å². The summed E-state index contributed by atoms with van der Waals surface area (Å²) in [6, 6.07) is 4.37. The largest absolute Gasteiger partial charge is 0.360 e. The Morgan fingerprint density at radius 1 is 1.26 bits per heavy atom. The minimum atomic E-state index is 0.707. The van der Waals surface area contributed by atoms with Crippen LogP contribution in [0.1, 0.15) is 33.6 Å². The van der Waals surface area contributed by atoms with Crippen molar-refractivity contribution >= 4 is 22.3 Å². The zero-order chi connectivity index (χ0) is 19.1. The van der Waals surface area contributed by atoms with Crippen LogP contribution in [0.2, 0.25) is 0 Å². The predicted molar refractivity (Wildman–Crippen MR) is 118 cm³/mol. The van der Waals surface area contributed by atoms with E-state index in [1.807, 2.05) is 11.3 Å². The number of rotatable bonds is 6. The second kappa shape index (κ2) is 10.3. The Labute approximate surface area is 169 Å². The quantitative estimate of drug-likeness (QED) is 0.596. The number of aliphatic imine (C=N–C) groups is 1. The third-order valence-electron chi connectivity index (χ3n) is 5.46. The Morgan fingerprint density at radius 3 is 2.74 bits per heavy atom. The molecule has 0 bridgehead atoms. The maximum atomic E-state index is 5.05. The smallest absolute Gasteiger partial charge is 0.194 e. The van der Waals surface area contributed by atoms with Crippen LogP contribution < -0.4 is 10.2 Å². The van der Waals surface area contributed by atoms with Crippen molar-refractivity contribution in [2.45, 2.75) is 33.6 Å². The molecule has 3 rings (SSSR count). The molecule has 1 N–H and O–H groups in total. The Kier molecular flexibility index (Phi) is 7.82. The number of thiophene rings is 1. The lowest BCUT2D eigenvalue weighted by atomic mass is 9.97. The first-order chi connectivity index (χ1) is 13.2. The van der Waals surface area contributed by atoms with E-state index >= 15 is 0 Å². The van der Waals surface area contributed by atoms with Crippen LogP contribution in [0.25, 0.3) is 0 Å². The maximum absolute atomic E-state index is 5.05. The van der Waals surface area contributed by atoms with Crippen molar-refractivity contribution in [3.05, 3.63) is 17.5 Å². The highest BCUT2D eigenvalue weighted by molar-refractivity contribution is 7.14. The van der Waals surface area contributed by atoms with Crippen molar-refractivity contribution in [1.82, 2.24) is 15.1 Å². The lowest BCUT2D eigenvalue weighted by Crippen LogP contribution is -2.52. The SMILES string of the molecule is CCNC(=NCC1CCCN(CC(C)C)C1)N1CCN(c2cccs2)CC1. The molecule has 0 saturated carbocycles. The van der Waals surface area contributed by atoms with E-state index in [0.29, 0.717) is 5.92 Å². The average Bonchev–Trinajstić information content (AvgIpc) is 3.20. The van der Waals surface area contributed by atoms with Crippen molar-refractivity contribution in [3.8, 4) is 0 Å². The van der Waals surface area contributed by atoms with E-state index in [1.54, 1.807) is 0 Å². The molecule has 3 heterocycles. The van der Waals surface area contributed by atoms with Crippen LogP contribution in [-0.4, -0.2) is 74.7 Å². The van der Waals surface area contributed by atoms with E-state index in [0.717, 1.165) is 51.1 Å². The third-order valence-corrected chi connectivity index (χ3v) is 6.39. The van der Waals surface area contributed by atoms with Crippen LogP contribution in [0, 0.1) is 11.8 Å². The fourth-order valence-corrected chi connectivity index (χ4v) is 5.00. The summed E-state index contributed by atoms with van der Waals surface area (Å²) in [5.41, 5.74) is 0. The van der Waals surface area contributed by atoms with Crippen LogP contribution in [0.5, 0.6) is 0 Å². The standard InChI is InChI=1S/C21H37N5S/c1-4-22-21(23-15-19-7-5-9-24(17-19)16-18(2)3)26-12-10-25(11-13-26)20-8-6-14-27-20/h6,8,14,18-19H,4-5,7,9-13,15-17H2,1-3H3,(H,22,23). The highest BCUT2D eigenvalue weighted by atomic mass is 32.1. The summed E-state index contributed by atoms with van der Waals surface area (Å²) in [6.45, 7) is 16.7. The summed E-state index contributed by atoms with van der Waals surface area (Å²) >= 11 is 1.84. The molecule has 0 radical (unpaired) electrons. The van der Waals surface area contributed by atoms with Gasteiger partial charge in [-0.1, -0.05) is 13.8 Å². The first-order valence-electron chi connectivity index (χ1n) is 10.7. The second-order valence-corrected chi connectivity index (χ2v) is 9.21. The van der Waals surface area contributed by atoms with E-state index in [9.17, 15) is 0 Å². The van der Waals surface area contributed by atoms with Gasteiger partial charge in [0.05, 0.1) is 5.00 Å². The third kappa shape index (κ3) is 6.11.